The minimum Gasteiger partial charge on any atom is -0.479 e. The first kappa shape index (κ1) is 58.2. The van der Waals surface area contributed by atoms with Crippen molar-refractivity contribution in [3.8, 4) is 0 Å². The van der Waals surface area contributed by atoms with Gasteiger partial charge in [-0.3, -0.25) is 14.4 Å². The number of carboxylic acid groups (broad SMARTS) is 1. The molecule has 3 N–H and O–H groups in total. The minimum absolute atomic E-state index is 0.0626. The number of esters is 3. The monoisotopic (exact) mass is 895 g/mol. The second kappa shape index (κ2) is 40.7. The molecule has 0 amide bonds. The van der Waals surface area contributed by atoms with Crippen LogP contribution in [-0.2, 0) is 42.9 Å². The SMILES string of the molecule is CCCC/C=C\CCCCCCCC(=O)OC(COC(=O)CCCCCCC/C=C\CCCCCC)COC1OC(C(=O)O)C(O)C(O)C1OC(=O)CCCCCCCCCCC. The van der Waals surface area contributed by atoms with Crippen LogP contribution >= 0.6 is 0 Å². The molecule has 6 atom stereocenters. The fourth-order valence-electron chi connectivity index (χ4n) is 7.52. The zero-order valence-corrected chi connectivity index (χ0v) is 39.8. The van der Waals surface area contributed by atoms with Crippen molar-refractivity contribution in [3.05, 3.63) is 24.3 Å². The van der Waals surface area contributed by atoms with Crippen LogP contribution in [-0.4, -0.2) is 89.2 Å². The van der Waals surface area contributed by atoms with E-state index in [4.69, 9.17) is 23.7 Å². The van der Waals surface area contributed by atoms with Gasteiger partial charge in [-0.05, 0) is 64.2 Å². The molecule has 63 heavy (non-hydrogen) atoms. The number of aliphatic hydroxyl groups excluding tert-OH is 2. The van der Waals surface area contributed by atoms with Crippen molar-refractivity contribution >= 4 is 23.9 Å². The van der Waals surface area contributed by atoms with E-state index >= 15 is 0 Å². The van der Waals surface area contributed by atoms with Gasteiger partial charge < -0.3 is 39.0 Å². The molecule has 0 aliphatic carbocycles. The Balaban J connectivity index is 2.75. The predicted molar refractivity (Wildman–Crippen MR) is 248 cm³/mol. The molecule has 0 radical (unpaired) electrons. The zero-order valence-electron chi connectivity index (χ0n) is 39.8. The van der Waals surface area contributed by atoms with Crippen LogP contribution in [0, 0.1) is 0 Å². The number of hydrogen-bond donors (Lipinski definition) is 3. The third-order valence-corrected chi connectivity index (χ3v) is 11.5. The largest absolute Gasteiger partial charge is 0.479 e. The van der Waals surface area contributed by atoms with Gasteiger partial charge >= 0.3 is 23.9 Å². The van der Waals surface area contributed by atoms with E-state index in [2.05, 4.69) is 45.1 Å². The summed E-state index contributed by atoms with van der Waals surface area (Å²) in [6.07, 6.45) is 30.4. The van der Waals surface area contributed by atoms with Crippen molar-refractivity contribution in [1.82, 2.24) is 0 Å². The van der Waals surface area contributed by atoms with E-state index in [1.807, 2.05) is 0 Å². The van der Waals surface area contributed by atoms with Crippen molar-refractivity contribution in [2.45, 2.75) is 263 Å². The minimum atomic E-state index is -1.90. The van der Waals surface area contributed by atoms with E-state index in [0.29, 0.717) is 19.3 Å². The maximum absolute atomic E-state index is 13.0. The number of carbonyl (C=O) groups is 4. The fourth-order valence-corrected chi connectivity index (χ4v) is 7.52. The van der Waals surface area contributed by atoms with E-state index in [-0.39, 0.29) is 25.9 Å². The number of rotatable bonds is 42. The Bertz CT molecular complexity index is 1200. The first-order valence-corrected chi connectivity index (χ1v) is 25.3. The number of aliphatic hydroxyl groups is 2. The molecule has 0 bridgehead atoms. The summed E-state index contributed by atoms with van der Waals surface area (Å²) < 4.78 is 28.2. The highest BCUT2D eigenvalue weighted by molar-refractivity contribution is 5.74. The normalized spacial score (nSPS) is 19.4. The molecular weight excluding hydrogens is 805 g/mol. The zero-order chi connectivity index (χ0) is 46.2. The van der Waals surface area contributed by atoms with Gasteiger partial charge in [0, 0.05) is 19.3 Å². The predicted octanol–water partition coefficient (Wildman–Crippen LogP) is 11.6. The van der Waals surface area contributed by atoms with E-state index in [9.17, 15) is 34.5 Å². The topological polar surface area (TPSA) is 175 Å². The summed E-state index contributed by atoms with van der Waals surface area (Å²) in [6, 6.07) is 0. The average Bonchev–Trinajstić information content (AvgIpc) is 3.26. The van der Waals surface area contributed by atoms with Gasteiger partial charge in [-0.1, -0.05) is 167 Å². The molecule has 1 aliphatic rings. The summed E-state index contributed by atoms with van der Waals surface area (Å²) in [7, 11) is 0. The quantitative estimate of drug-likeness (QED) is 0.0229. The molecule has 1 saturated heterocycles. The number of carboxylic acids is 1. The molecule has 12 heteroatoms. The molecule has 0 aromatic carbocycles. The Kier molecular flexibility index (Phi) is 37.6. The van der Waals surface area contributed by atoms with Gasteiger partial charge in [0.05, 0.1) is 6.61 Å². The first-order valence-electron chi connectivity index (χ1n) is 25.3. The van der Waals surface area contributed by atoms with E-state index < -0.39 is 67.3 Å². The van der Waals surface area contributed by atoms with Crippen molar-refractivity contribution in [2.24, 2.45) is 0 Å². The second-order valence-electron chi connectivity index (χ2n) is 17.5. The molecule has 12 nitrogen and oxygen atoms in total. The molecule has 0 saturated carbocycles. The molecule has 1 rings (SSSR count). The van der Waals surface area contributed by atoms with Crippen molar-refractivity contribution in [1.29, 1.82) is 0 Å². The lowest BCUT2D eigenvalue weighted by molar-refractivity contribution is -0.301. The van der Waals surface area contributed by atoms with Gasteiger partial charge in [0.25, 0.3) is 0 Å². The Morgan fingerprint density at radius 2 is 0.921 bits per heavy atom. The molecule has 1 aliphatic heterocycles. The Morgan fingerprint density at radius 3 is 1.41 bits per heavy atom. The summed E-state index contributed by atoms with van der Waals surface area (Å²) >= 11 is 0. The third kappa shape index (κ3) is 31.7. The van der Waals surface area contributed by atoms with Crippen LogP contribution in [0.4, 0.5) is 0 Å². The van der Waals surface area contributed by atoms with Gasteiger partial charge in [0.1, 0.15) is 18.8 Å². The number of aliphatic carboxylic acids is 1. The van der Waals surface area contributed by atoms with Gasteiger partial charge in [-0.15, -0.1) is 0 Å². The van der Waals surface area contributed by atoms with Crippen LogP contribution in [0.2, 0.25) is 0 Å². The van der Waals surface area contributed by atoms with E-state index in [1.54, 1.807) is 0 Å². The maximum Gasteiger partial charge on any atom is 0.335 e. The van der Waals surface area contributed by atoms with Crippen LogP contribution in [0.15, 0.2) is 24.3 Å². The van der Waals surface area contributed by atoms with Gasteiger partial charge in [-0.2, -0.15) is 0 Å². The number of hydrogen-bond acceptors (Lipinski definition) is 11. The molecule has 0 spiro atoms. The molecule has 1 heterocycles. The van der Waals surface area contributed by atoms with Crippen LogP contribution in [0.1, 0.15) is 226 Å². The van der Waals surface area contributed by atoms with Gasteiger partial charge in [0.2, 0.25) is 0 Å². The fraction of sp³-hybridized carbons (Fsp3) is 0.843. The number of unbranched alkanes of at least 4 members (excludes halogenated alkanes) is 24. The van der Waals surface area contributed by atoms with Crippen LogP contribution in [0.5, 0.6) is 0 Å². The number of allylic oxidation sites excluding steroid dienone is 4. The molecule has 0 aromatic rings. The smallest absolute Gasteiger partial charge is 0.335 e. The number of ether oxygens (including phenoxy) is 5. The lowest BCUT2D eigenvalue weighted by atomic mass is 9.98. The van der Waals surface area contributed by atoms with Crippen molar-refractivity contribution in [3.63, 3.8) is 0 Å². The summed E-state index contributed by atoms with van der Waals surface area (Å²) in [5.41, 5.74) is 0. The summed E-state index contributed by atoms with van der Waals surface area (Å²) in [6.45, 7) is 5.86. The first-order chi connectivity index (χ1) is 30.6. The van der Waals surface area contributed by atoms with Crippen LogP contribution in [0.25, 0.3) is 0 Å². The van der Waals surface area contributed by atoms with E-state index in [0.717, 1.165) is 103 Å². The van der Waals surface area contributed by atoms with Gasteiger partial charge in [0.15, 0.2) is 24.6 Å². The van der Waals surface area contributed by atoms with Crippen molar-refractivity contribution in [2.75, 3.05) is 13.2 Å². The number of carbonyl (C=O) groups excluding carboxylic acids is 3. The van der Waals surface area contributed by atoms with Crippen LogP contribution in [0.3, 0.4) is 0 Å². The summed E-state index contributed by atoms with van der Waals surface area (Å²) in [5.74, 6) is -3.13. The Morgan fingerprint density at radius 1 is 0.508 bits per heavy atom. The molecule has 366 valence electrons. The molecule has 1 fully saturated rings. The molecular formula is C51H90O12. The third-order valence-electron chi connectivity index (χ3n) is 11.5. The average molecular weight is 895 g/mol. The molecule has 0 aromatic heterocycles. The van der Waals surface area contributed by atoms with Gasteiger partial charge in [-0.25, -0.2) is 4.79 Å². The molecule has 6 unspecified atom stereocenters. The Labute approximate surface area is 381 Å². The lowest BCUT2D eigenvalue weighted by Crippen LogP contribution is -2.61. The van der Waals surface area contributed by atoms with Crippen molar-refractivity contribution < 1.29 is 58.2 Å². The highest BCUT2D eigenvalue weighted by Gasteiger charge is 2.50. The highest BCUT2D eigenvalue weighted by atomic mass is 16.7. The maximum atomic E-state index is 13.0. The highest BCUT2D eigenvalue weighted by Crippen LogP contribution is 2.26. The Hall–Kier alpha value is -2.80. The lowest BCUT2D eigenvalue weighted by Gasteiger charge is -2.40. The van der Waals surface area contributed by atoms with E-state index in [1.165, 1.54) is 64.2 Å². The second-order valence-corrected chi connectivity index (χ2v) is 17.5. The summed E-state index contributed by atoms with van der Waals surface area (Å²) in [4.78, 5) is 50.6. The standard InChI is InChI=1S/C51H90O12/c1-4-7-10-13-16-19-21-22-24-26-28-31-34-37-43(52)59-40-42(61-44(53)38-35-32-30-27-23-20-17-14-11-8-5-2)41-60-51-49(47(56)46(55)48(63-51)50(57)58)62-45(54)39-36-33-29-25-18-15-12-9-6-3/h14,17,19,21,42,46-49,51,55-56H,4-13,15-16,18,20,22-41H2,1-3H3,(H,57,58)/b17-14-,21-19-. The van der Waals surface area contributed by atoms with Crippen LogP contribution < -0.4 is 0 Å². The summed E-state index contributed by atoms with van der Waals surface area (Å²) in [5, 5.41) is 31.2.